The Morgan fingerprint density at radius 2 is 1.49 bits per heavy atom. The summed E-state index contributed by atoms with van der Waals surface area (Å²) in [5, 5.41) is 9.29. The number of aryl methyl sites for hydroxylation is 1. The summed E-state index contributed by atoms with van der Waals surface area (Å²) in [5.41, 5.74) is 2.25. The van der Waals surface area contributed by atoms with Crippen molar-refractivity contribution in [3.05, 3.63) is 71.8 Å². The van der Waals surface area contributed by atoms with Crippen molar-refractivity contribution in [3.8, 4) is 0 Å². The van der Waals surface area contributed by atoms with Crippen molar-refractivity contribution < 1.29 is 19.1 Å². The van der Waals surface area contributed by atoms with Gasteiger partial charge in [0.05, 0.1) is 13.2 Å². The van der Waals surface area contributed by atoms with E-state index in [1.54, 1.807) is 4.90 Å². The molecular formula is C33H46N4O4. The second kappa shape index (κ2) is 16.8. The monoisotopic (exact) mass is 562 g/mol. The first kappa shape index (κ1) is 30.6. The normalized spacial score (nSPS) is 17.3. The van der Waals surface area contributed by atoms with Crippen LogP contribution in [-0.4, -0.2) is 61.1 Å². The SMILES string of the molecule is O=C(CC[C@H](CCc1ccccc1)NC(=O)[C@H](CC1CCCCC1)NC(=O)N1CCOCC1)NCc1ccccc1. The number of hydrogen-bond acceptors (Lipinski definition) is 4. The molecule has 4 amide bonds. The lowest BCUT2D eigenvalue weighted by Crippen LogP contribution is -2.55. The molecule has 1 heterocycles. The van der Waals surface area contributed by atoms with Crippen LogP contribution < -0.4 is 16.0 Å². The van der Waals surface area contributed by atoms with Crippen LogP contribution in [0.3, 0.4) is 0 Å². The van der Waals surface area contributed by atoms with Crippen molar-refractivity contribution in [2.75, 3.05) is 26.3 Å². The van der Waals surface area contributed by atoms with E-state index in [0.29, 0.717) is 58.0 Å². The Morgan fingerprint density at radius 1 is 0.829 bits per heavy atom. The molecule has 2 aromatic carbocycles. The van der Waals surface area contributed by atoms with E-state index in [1.165, 1.54) is 24.8 Å². The van der Waals surface area contributed by atoms with E-state index in [-0.39, 0.29) is 23.9 Å². The Hall–Kier alpha value is -3.39. The van der Waals surface area contributed by atoms with Gasteiger partial charge in [-0.3, -0.25) is 9.59 Å². The van der Waals surface area contributed by atoms with Gasteiger partial charge in [0, 0.05) is 32.1 Å². The van der Waals surface area contributed by atoms with Gasteiger partial charge in [-0.1, -0.05) is 92.8 Å². The molecule has 0 spiro atoms. The number of nitrogens with zero attached hydrogens (tertiary/aromatic N) is 1. The largest absolute Gasteiger partial charge is 0.378 e. The quantitative estimate of drug-likeness (QED) is 0.333. The third-order valence-electron chi connectivity index (χ3n) is 8.23. The number of nitrogens with one attached hydrogen (secondary N) is 3. The summed E-state index contributed by atoms with van der Waals surface area (Å²) >= 11 is 0. The van der Waals surface area contributed by atoms with E-state index in [9.17, 15) is 14.4 Å². The van der Waals surface area contributed by atoms with Gasteiger partial charge in [-0.15, -0.1) is 0 Å². The molecular weight excluding hydrogens is 516 g/mol. The summed E-state index contributed by atoms with van der Waals surface area (Å²) in [5.74, 6) is 0.239. The maximum Gasteiger partial charge on any atom is 0.318 e. The maximum atomic E-state index is 13.7. The standard InChI is InChI=1S/C33H46N4O4/c38-31(34-25-28-14-8-3-9-15-28)19-18-29(17-16-26-10-4-1-5-11-26)35-32(39)30(24-27-12-6-2-7-13-27)36-33(40)37-20-22-41-23-21-37/h1,3-5,8-11,14-15,27,29-30H,2,6-7,12-13,16-25H2,(H,34,38)(H,35,39)(H,36,40)/t29-,30-/m0/s1. The van der Waals surface area contributed by atoms with Crippen molar-refractivity contribution in [2.24, 2.45) is 5.92 Å². The summed E-state index contributed by atoms with van der Waals surface area (Å²) in [6.07, 6.45) is 8.79. The molecule has 2 aliphatic rings. The molecule has 2 aromatic rings. The first-order valence-electron chi connectivity index (χ1n) is 15.3. The van der Waals surface area contributed by atoms with Crippen LogP contribution in [0.25, 0.3) is 0 Å². The van der Waals surface area contributed by atoms with Crippen LogP contribution >= 0.6 is 0 Å². The summed E-state index contributed by atoms with van der Waals surface area (Å²) in [6.45, 7) is 2.57. The molecule has 41 heavy (non-hydrogen) atoms. The predicted octanol–water partition coefficient (Wildman–Crippen LogP) is 4.58. The van der Waals surface area contributed by atoms with Crippen LogP contribution in [-0.2, 0) is 27.3 Å². The minimum absolute atomic E-state index is 0.0350. The highest BCUT2D eigenvalue weighted by Gasteiger charge is 2.29. The third-order valence-corrected chi connectivity index (χ3v) is 8.23. The fourth-order valence-electron chi connectivity index (χ4n) is 5.76. The lowest BCUT2D eigenvalue weighted by atomic mass is 9.84. The van der Waals surface area contributed by atoms with Gasteiger partial charge >= 0.3 is 6.03 Å². The smallest absolute Gasteiger partial charge is 0.318 e. The zero-order valence-corrected chi connectivity index (χ0v) is 24.2. The average molecular weight is 563 g/mol. The predicted molar refractivity (Wildman–Crippen MR) is 160 cm³/mol. The molecule has 2 atom stereocenters. The van der Waals surface area contributed by atoms with E-state index < -0.39 is 6.04 Å². The zero-order chi connectivity index (χ0) is 28.7. The van der Waals surface area contributed by atoms with Crippen LogP contribution in [0.1, 0.15) is 68.9 Å². The number of benzene rings is 2. The Kier molecular flexibility index (Phi) is 12.5. The van der Waals surface area contributed by atoms with Crippen molar-refractivity contribution in [1.29, 1.82) is 0 Å². The second-order valence-electron chi connectivity index (χ2n) is 11.4. The lowest BCUT2D eigenvalue weighted by Gasteiger charge is -2.32. The van der Waals surface area contributed by atoms with E-state index in [2.05, 4.69) is 28.1 Å². The number of morpholine rings is 1. The van der Waals surface area contributed by atoms with Gasteiger partial charge in [0.15, 0.2) is 0 Å². The number of hydrogen-bond donors (Lipinski definition) is 3. The molecule has 2 fully saturated rings. The number of carbonyl (C=O) groups is 3. The van der Waals surface area contributed by atoms with Crippen LogP contribution in [0.15, 0.2) is 60.7 Å². The fourth-order valence-corrected chi connectivity index (χ4v) is 5.76. The van der Waals surface area contributed by atoms with Gasteiger partial charge in [0.1, 0.15) is 6.04 Å². The van der Waals surface area contributed by atoms with Gasteiger partial charge in [-0.25, -0.2) is 4.79 Å². The van der Waals surface area contributed by atoms with Gasteiger partial charge in [0.2, 0.25) is 11.8 Å². The van der Waals surface area contributed by atoms with Gasteiger partial charge in [-0.2, -0.15) is 0 Å². The minimum atomic E-state index is -0.598. The van der Waals surface area contributed by atoms with E-state index >= 15 is 0 Å². The number of carbonyl (C=O) groups excluding carboxylic acids is 3. The Labute approximate surface area is 244 Å². The highest BCUT2D eigenvalue weighted by molar-refractivity contribution is 5.87. The summed E-state index contributed by atoms with van der Waals surface area (Å²) < 4.78 is 5.39. The Balaban J connectivity index is 1.38. The first-order chi connectivity index (χ1) is 20.1. The molecule has 4 rings (SSSR count). The molecule has 1 saturated heterocycles. The van der Waals surface area contributed by atoms with Crippen molar-refractivity contribution in [3.63, 3.8) is 0 Å². The van der Waals surface area contributed by atoms with Gasteiger partial charge in [-0.05, 0) is 42.7 Å². The molecule has 1 saturated carbocycles. The van der Waals surface area contributed by atoms with Crippen LogP contribution in [0.4, 0.5) is 4.79 Å². The minimum Gasteiger partial charge on any atom is -0.378 e. The summed E-state index contributed by atoms with van der Waals surface area (Å²) in [6, 6.07) is 19.0. The highest BCUT2D eigenvalue weighted by Crippen LogP contribution is 2.27. The molecule has 8 heteroatoms. The molecule has 1 aliphatic carbocycles. The first-order valence-corrected chi connectivity index (χ1v) is 15.3. The summed E-state index contributed by atoms with van der Waals surface area (Å²) in [7, 11) is 0. The van der Waals surface area contributed by atoms with Crippen molar-refractivity contribution in [1.82, 2.24) is 20.9 Å². The van der Waals surface area contributed by atoms with Crippen LogP contribution in [0, 0.1) is 5.92 Å². The van der Waals surface area contributed by atoms with E-state index in [4.69, 9.17) is 4.74 Å². The molecule has 0 aromatic heterocycles. The third kappa shape index (κ3) is 10.8. The van der Waals surface area contributed by atoms with Crippen molar-refractivity contribution >= 4 is 17.8 Å². The number of urea groups is 1. The fraction of sp³-hybridized carbons (Fsp3) is 0.545. The zero-order valence-electron chi connectivity index (χ0n) is 24.2. The van der Waals surface area contributed by atoms with Crippen LogP contribution in [0.2, 0.25) is 0 Å². The average Bonchev–Trinajstić information content (AvgIpc) is 3.02. The molecule has 1 aliphatic heterocycles. The number of amides is 4. The Bertz CT molecular complexity index is 1070. The number of ether oxygens (including phenoxy) is 1. The Morgan fingerprint density at radius 3 is 2.17 bits per heavy atom. The molecule has 3 N–H and O–H groups in total. The molecule has 0 bridgehead atoms. The summed E-state index contributed by atoms with van der Waals surface area (Å²) in [4.78, 5) is 41.3. The topological polar surface area (TPSA) is 99.8 Å². The van der Waals surface area contributed by atoms with Gasteiger partial charge < -0.3 is 25.6 Å². The molecule has 222 valence electrons. The van der Waals surface area contributed by atoms with E-state index in [1.807, 2.05) is 48.5 Å². The molecule has 8 nitrogen and oxygen atoms in total. The lowest BCUT2D eigenvalue weighted by molar-refractivity contribution is -0.125. The number of rotatable bonds is 13. The molecule has 0 unspecified atom stereocenters. The van der Waals surface area contributed by atoms with E-state index in [0.717, 1.165) is 31.2 Å². The second-order valence-corrected chi connectivity index (χ2v) is 11.4. The molecule has 0 radical (unpaired) electrons. The highest BCUT2D eigenvalue weighted by atomic mass is 16.5. The van der Waals surface area contributed by atoms with Crippen molar-refractivity contribution in [2.45, 2.75) is 82.8 Å². The van der Waals surface area contributed by atoms with Crippen LogP contribution in [0.5, 0.6) is 0 Å². The van der Waals surface area contributed by atoms with Gasteiger partial charge in [0.25, 0.3) is 0 Å². The maximum absolute atomic E-state index is 13.7.